The van der Waals surface area contributed by atoms with Gasteiger partial charge in [-0.05, 0) is 30.2 Å². The first-order chi connectivity index (χ1) is 6.60. The van der Waals surface area contributed by atoms with Crippen LogP contribution in [0.2, 0.25) is 0 Å². The van der Waals surface area contributed by atoms with Crippen LogP contribution in [0, 0.1) is 6.92 Å². The monoisotopic (exact) mass is 276 g/mol. The van der Waals surface area contributed by atoms with Gasteiger partial charge >= 0.3 is 5.97 Å². The molecule has 1 aromatic rings. The van der Waals surface area contributed by atoms with E-state index < -0.39 is 0 Å². The highest BCUT2D eigenvalue weighted by Gasteiger charge is 2.12. The van der Waals surface area contributed by atoms with Crippen LogP contribution in [0.3, 0.4) is 0 Å². The van der Waals surface area contributed by atoms with E-state index in [0.29, 0.717) is 11.4 Å². The molecule has 0 fully saturated rings. The fourth-order valence-corrected chi connectivity index (χ4v) is 1.80. The van der Waals surface area contributed by atoms with Crippen molar-refractivity contribution < 1.29 is 9.53 Å². The first-order valence-corrected chi connectivity index (χ1v) is 5.36. The van der Waals surface area contributed by atoms with Crippen LogP contribution < -0.4 is 0 Å². The second kappa shape index (κ2) is 4.80. The number of ether oxygens (including phenoxy) is 1. The second-order valence-electron chi connectivity index (χ2n) is 2.88. The van der Waals surface area contributed by atoms with E-state index in [0.717, 1.165) is 15.6 Å². The van der Waals surface area contributed by atoms with Crippen LogP contribution in [-0.2, 0) is 10.6 Å². The van der Waals surface area contributed by atoms with Crippen molar-refractivity contribution >= 4 is 33.5 Å². The standard InChI is InChI=1S/C10H10BrClO2/c1-6-8(10(13)14-2)3-7(5-12)4-9(6)11/h3-4H,5H2,1-2H3. The molecule has 2 nitrogen and oxygen atoms in total. The highest BCUT2D eigenvalue weighted by atomic mass is 79.9. The van der Waals surface area contributed by atoms with Crippen molar-refractivity contribution in [2.45, 2.75) is 12.8 Å². The zero-order chi connectivity index (χ0) is 10.7. The number of carbonyl (C=O) groups is 1. The van der Waals surface area contributed by atoms with E-state index in [9.17, 15) is 4.79 Å². The number of carbonyl (C=O) groups excluding carboxylic acids is 1. The maximum Gasteiger partial charge on any atom is 0.338 e. The van der Waals surface area contributed by atoms with Crippen LogP contribution >= 0.6 is 27.5 Å². The maximum atomic E-state index is 11.4. The van der Waals surface area contributed by atoms with Crippen molar-refractivity contribution in [3.8, 4) is 0 Å². The predicted molar refractivity (Wildman–Crippen MR) is 59.8 cm³/mol. The maximum absolute atomic E-state index is 11.4. The Bertz CT molecular complexity index is 363. The number of halogens is 2. The van der Waals surface area contributed by atoms with Gasteiger partial charge in [0.2, 0.25) is 0 Å². The zero-order valence-electron chi connectivity index (χ0n) is 7.93. The molecule has 4 heteroatoms. The molecule has 1 rings (SSSR count). The van der Waals surface area contributed by atoms with Gasteiger partial charge in [-0.3, -0.25) is 0 Å². The molecule has 0 N–H and O–H groups in total. The third kappa shape index (κ3) is 2.28. The molecule has 0 bridgehead atoms. The fraction of sp³-hybridized carbons (Fsp3) is 0.300. The molecule has 0 saturated carbocycles. The van der Waals surface area contributed by atoms with E-state index in [1.165, 1.54) is 7.11 Å². The number of hydrogen-bond acceptors (Lipinski definition) is 2. The van der Waals surface area contributed by atoms with Crippen molar-refractivity contribution in [3.05, 3.63) is 33.3 Å². The van der Waals surface area contributed by atoms with Gasteiger partial charge in [-0.15, -0.1) is 11.6 Å². The van der Waals surface area contributed by atoms with E-state index in [2.05, 4.69) is 20.7 Å². The Hall–Kier alpha value is -0.540. The smallest absolute Gasteiger partial charge is 0.338 e. The molecule has 0 aliphatic heterocycles. The molecule has 0 atom stereocenters. The van der Waals surface area contributed by atoms with E-state index in [4.69, 9.17) is 11.6 Å². The van der Waals surface area contributed by atoms with Crippen molar-refractivity contribution in [1.29, 1.82) is 0 Å². The molecule has 0 amide bonds. The number of benzene rings is 1. The van der Waals surface area contributed by atoms with Crippen molar-refractivity contribution in [1.82, 2.24) is 0 Å². The minimum Gasteiger partial charge on any atom is -0.465 e. The molecule has 0 saturated heterocycles. The minimum atomic E-state index is -0.338. The Morgan fingerprint density at radius 2 is 2.21 bits per heavy atom. The lowest BCUT2D eigenvalue weighted by Gasteiger charge is -2.07. The van der Waals surface area contributed by atoms with E-state index in [1.54, 1.807) is 6.07 Å². The summed E-state index contributed by atoms with van der Waals surface area (Å²) in [5.74, 6) is 0.0400. The van der Waals surface area contributed by atoms with Crippen LogP contribution in [0.4, 0.5) is 0 Å². The highest BCUT2D eigenvalue weighted by molar-refractivity contribution is 9.10. The Balaban J connectivity index is 3.27. The van der Waals surface area contributed by atoms with Crippen LogP contribution in [0.1, 0.15) is 21.5 Å². The van der Waals surface area contributed by atoms with Crippen LogP contribution in [0.5, 0.6) is 0 Å². The lowest BCUT2D eigenvalue weighted by Crippen LogP contribution is -2.05. The van der Waals surface area contributed by atoms with Crippen LogP contribution in [0.25, 0.3) is 0 Å². The second-order valence-corrected chi connectivity index (χ2v) is 4.00. The first-order valence-electron chi connectivity index (χ1n) is 4.03. The molecule has 0 aromatic heterocycles. The number of rotatable bonds is 2. The van der Waals surface area contributed by atoms with Gasteiger partial charge in [0.15, 0.2) is 0 Å². The average Bonchev–Trinajstić information content (AvgIpc) is 2.20. The lowest BCUT2D eigenvalue weighted by atomic mass is 10.1. The molecule has 0 aliphatic carbocycles. The molecule has 14 heavy (non-hydrogen) atoms. The van der Waals surface area contributed by atoms with Crippen molar-refractivity contribution in [3.63, 3.8) is 0 Å². The van der Waals surface area contributed by atoms with Gasteiger partial charge in [0, 0.05) is 10.4 Å². The van der Waals surface area contributed by atoms with Crippen molar-refractivity contribution in [2.24, 2.45) is 0 Å². The van der Waals surface area contributed by atoms with Gasteiger partial charge in [-0.2, -0.15) is 0 Å². The Morgan fingerprint density at radius 1 is 1.57 bits per heavy atom. The lowest BCUT2D eigenvalue weighted by molar-refractivity contribution is 0.0599. The minimum absolute atomic E-state index is 0.338. The van der Waals surface area contributed by atoms with E-state index in [-0.39, 0.29) is 5.97 Å². The highest BCUT2D eigenvalue weighted by Crippen LogP contribution is 2.23. The van der Waals surface area contributed by atoms with Crippen LogP contribution in [0.15, 0.2) is 16.6 Å². The molecule has 0 radical (unpaired) electrons. The van der Waals surface area contributed by atoms with Crippen molar-refractivity contribution in [2.75, 3.05) is 7.11 Å². The third-order valence-electron chi connectivity index (χ3n) is 1.96. The van der Waals surface area contributed by atoms with Gasteiger partial charge in [0.1, 0.15) is 0 Å². The van der Waals surface area contributed by atoms with E-state index >= 15 is 0 Å². The summed E-state index contributed by atoms with van der Waals surface area (Å²) in [6, 6.07) is 3.65. The van der Waals surface area contributed by atoms with Gasteiger partial charge in [-0.1, -0.05) is 15.9 Å². The summed E-state index contributed by atoms with van der Waals surface area (Å²) >= 11 is 9.07. The largest absolute Gasteiger partial charge is 0.465 e. The molecule has 76 valence electrons. The Labute approximate surface area is 96.3 Å². The normalized spacial score (nSPS) is 10.0. The Kier molecular flexibility index (Phi) is 3.96. The number of methoxy groups -OCH3 is 1. The van der Waals surface area contributed by atoms with Gasteiger partial charge < -0.3 is 4.74 Å². The Morgan fingerprint density at radius 3 is 2.71 bits per heavy atom. The summed E-state index contributed by atoms with van der Waals surface area (Å²) in [7, 11) is 1.36. The SMILES string of the molecule is COC(=O)c1cc(CCl)cc(Br)c1C. The topological polar surface area (TPSA) is 26.3 Å². The summed E-state index contributed by atoms with van der Waals surface area (Å²) in [5.41, 5.74) is 2.31. The number of alkyl halides is 1. The third-order valence-corrected chi connectivity index (χ3v) is 3.10. The summed E-state index contributed by atoms with van der Waals surface area (Å²) in [6.07, 6.45) is 0. The van der Waals surface area contributed by atoms with Crippen LogP contribution in [-0.4, -0.2) is 13.1 Å². The zero-order valence-corrected chi connectivity index (χ0v) is 10.3. The first kappa shape index (κ1) is 11.5. The average molecular weight is 278 g/mol. The quantitative estimate of drug-likeness (QED) is 0.612. The van der Waals surface area contributed by atoms with E-state index in [1.807, 2.05) is 13.0 Å². The molecular weight excluding hydrogens is 267 g/mol. The summed E-state index contributed by atoms with van der Waals surface area (Å²) in [5, 5.41) is 0. The summed E-state index contributed by atoms with van der Waals surface area (Å²) in [6.45, 7) is 1.86. The fourth-order valence-electron chi connectivity index (χ4n) is 1.13. The molecule has 0 unspecified atom stereocenters. The molecule has 0 aliphatic rings. The molecule has 0 spiro atoms. The number of esters is 1. The van der Waals surface area contributed by atoms with Gasteiger partial charge in [-0.25, -0.2) is 4.79 Å². The predicted octanol–water partition coefficient (Wildman–Crippen LogP) is 3.28. The molecular formula is C10H10BrClO2. The van der Waals surface area contributed by atoms with Gasteiger partial charge in [0.25, 0.3) is 0 Å². The summed E-state index contributed by atoms with van der Waals surface area (Å²) in [4.78, 5) is 11.4. The number of hydrogen-bond donors (Lipinski definition) is 0. The molecule has 0 heterocycles. The molecule has 1 aromatic carbocycles. The van der Waals surface area contributed by atoms with Gasteiger partial charge in [0.05, 0.1) is 12.7 Å². The summed E-state index contributed by atoms with van der Waals surface area (Å²) < 4.78 is 5.54.